The Balaban J connectivity index is 1.87. The van der Waals surface area contributed by atoms with Crippen molar-refractivity contribution in [3.63, 3.8) is 0 Å². The summed E-state index contributed by atoms with van der Waals surface area (Å²) in [6.07, 6.45) is 1.87. The molecule has 0 unspecified atom stereocenters. The maximum atomic E-state index is 5.98. The summed E-state index contributed by atoms with van der Waals surface area (Å²) < 4.78 is 2.23. The first-order valence-electron chi connectivity index (χ1n) is 6.90. The molecule has 5 heteroatoms. The van der Waals surface area contributed by atoms with Crippen LogP contribution in [0.1, 0.15) is 5.56 Å². The predicted molar refractivity (Wildman–Crippen MR) is 91.4 cm³/mol. The molecule has 2 heterocycles. The zero-order valence-corrected chi connectivity index (χ0v) is 13.2. The Labute approximate surface area is 136 Å². The summed E-state index contributed by atoms with van der Waals surface area (Å²) in [5.74, 6) is 0.957. The Hall–Kier alpha value is -2.17. The van der Waals surface area contributed by atoms with E-state index in [1.165, 1.54) is 5.56 Å². The predicted octanol–water partition coefficient (Wildman–Crippen LogP) is 4.86. The Morgan fingerprint density at radius 3 is 2.64 bits per heavy atom. The fourth-order valence-corrected chi connectivity index (χ4v) is 3.27. The van der Waals surface area contributed by atoms with Crippen LogP contribution in [0.5, 0.6) is 0 Å². The Morgan fingerprint density at radius 1 is 1.05 bits per heavy atom. The van der Waals surface area contributed by atoms with Gasteiger partial charge in [-0.15, -0.1) is 11.3 Å². The van der Waals surface area contributed by atoms with Crippen LogP contribution >= 0.6 is 22.9 Å². The number of hydrogen-bond acceptors (Lipinski definition) is 3. The van der Waals surface area contributed by atoms with E-state index in [0.29, 0.717) is 0 Å². The van der Waals surface area contributed by atoms with Gasteiger partial charge in [-0.1, -0.05) is 35.9 Å². The van der Waals surface area contributed by atoms with E-state index >= 15 is 0 Å². The van der Waals surface area contributed by atoms with Gasteiger partial charge < -0.3 is 4.57 Å². The van der Waals surface area contributed by atoms with Gasteiger partial charge in [0.25, 0.3) is 0 Å². The molecule has 0 aliphatic heterocycles. The summed E-state index contributed by atoms with van der Waals surface area (Å²) in [6.45, 7) is 0.755. The number of hydrogen-bond donors (Lipinski definition) is 0. The number of para-hydroxylation sites is 2. The molecular formula is C17H12ClN3S. The molecule has 0 aliphatic carbocycles. The summed E-state index contributed by atoms with van der Waals surface area (Å²) in [7, 11) is 0. The molecule has 0 aliphatic rings. The van der Waals surface area contributed by atoms with Crippen molar-refractivity contribution in [2.75, 3.05) is 0 Å². The first kappa shape index (κ1) is 13.5. The third kappa shape index (κ3) is 2.40. The molecule has 0 bridgehead atoms. The second kappa shape index (κ2) is 5.55. The molecule has 0 spiro atoms. The van der Waals surface area contributed by atoms with Crippen LogP contribution in [-0.2, 0) is 6.54 Å². The largest absolute Gasteiger partial charge is 0.319 e. The first-order valence-corrected chi connectivity index (χ1v) is 8.15. The third-order valence-electron chi connectivity index (χ3n) is 3.56. The summed E-state index contributed by atoms with van der Waals surface area (Å²) in [6, 6.07) is 16.1. The van der Waals surface area contributed by atoms with Gasteiger partial charge >= 0.3 is 0 Å². The average Bonchev–Trinajstić information content (AvgIpc) is 3.18. The molecule has 108 valence electrons. The molecule has 0 atom stereocenters. The standard InChI is InChI=1S/C17H12ClN3S/c18-13-7-5-12(6-8-13)10-21-15-4-2-1-3-14(15)20-17(21)16-9-19-11-22-16/h1-9,11H,10H2. The highest BCUT2D eigenvalue weighted by molar-refractivity contribution is 7.13. The minimum absolute atomic E-state index is 0.752. The third-order valence-corrected chi connectivity index (χ3v) is 4.58. The zero-order chi connectivity index (χ0) is 14.9. The first-order chi connectivity index (χ1) is 10.8. The number of thiazole rings is 1. The van der Waals surface area contributed by atoms with E-state index < -0.39 is 0 Å². The minimum Gasteiger partial charge on any atom is -0.319 e. The smallest absolute Gasteiger partial charge is 0.153 e. The second-order valence-corrected chi connectivity index (χ2v) is 6.33. The summed E-state index contributed by atoms with van der Waals surface area (Å²) in [5.41, 5.74) is 5.15. The minimum atomic E-state index is 0.752. The highest BCUT2D eigenvalue weighted by Gasteiger charge is 2.13. The maximum absolute atomic E-state index is 5.98. The van der Waals surface area contributed by atoms with E-state index in [0.717, 1.165) is 33.3 Å². The lowest BCUT2D eigenvalue weighted by Crippen LogP contribution is -2.01. The average molecular weight is 326 g/mol. The molecule has 4 rings (SSSR count). The molecule has 3 nitrogen and oxygen atoms in total. The Kier molecular flexibility index (Phi) is 3.41. The quantitative estimate of drug-likeness (QED) is 0.538. The second-order valence-electron chi connectivity index (χ2n) is 5.00. The van der Waals surface area contributed by atoms with Crippen LogP contribution in [-0.4, -0.2) is 14.5 Å². The monoisotopic (exact) mass is 325 g/mol. The van der Waals surface area contributed by atoms with Gasteiger partial charge in [0.05, 0.1) is 21.4 Å². The van der Waals surface area contributed by atoms with Crippen molar-refractivity contribution < 1.29 is 0 Å². The Bertz CT molecular complexity index is 911. The Morgan fingerprint density at radius 2 is 1.86 bits per heavy atom. The van der Waals surface area contributed by atoms with E-state index in [1.807, 2.05) is 54.2 Å². The number of fused-ring (bicyclic) bond motifs is 1. The fourth-order valence-electron chi connectivity index (χ4n) is 2.52. The lowest BCUT2D eigenvalue weighted by atomic mass is 10.2. The molecule has 4 aromatic rings. The summed E-state index contributed by atoms with van der Waals surface area (Å²) in [4.78, 5) is 10.0. The van der Waals surface area contributed by atoms with Crippen molar-refractivity contribution in [3.05, 3.63) is 70.8 Å². The van der Waals surface area contributed by atoms with Gasteiger partial charge in [0.1, 0.15) is 0 Å². The van der Waals surface area contributed by atoms with Crippen LogP contribution < -0.4 is 0 Å². The molecule has 0 fully saturated rings. The van der Waals surface area contributed by atoms with Crippen LogP contribution in [0, 0.1) is 0 Å². The molecule has 22 heavy (non-hydrogen) atoms. The summed E-state index contributed by atoms with van der Waals surface area (Å²) >= 11 is 7.58. The zero-order valence-electron chi connectivity index (χ0n) is 11.6. The number of benzene rings is 2. The number of aromatic nitrogens is 3. The van der Waals surface area contributed by atoms with Gasteiger partial charge in [-0.2, -0.15) is 0 Å². The van der Waals surface area contributed by atoms with Gasteiger partial charge in [0, 0.05) is 17.8 Å². The molecular weight excluding hydrogens is 314 g/mol. The van der Waals surface area contributed by atoms with Crippen LogP contribution in [0.3, 0.4) is 0 Å². The van der Waals surface area contributed by atoms with Crippen molar-refractivity contribution in [1.82, 2.24) is 14.5 Å². The summed E-state index contributed by atoms with van der Waals surface area (Å²) in [5, 5.41) is 0.752. The van der Waals surface area contributed by atoms with Gasteiger partial charge in [-0.25, -0.2) is 4.98 Å². The van der Waals surface area contributed by atoms with Gasteiger partial charge in [0.2, 0.25) is 0 Å². The van der Waals surface area contributed by atoms with Gasteiger partial charge in [0.15, 0.2) is 5.82 Å². The highest BCUT2D eigenvalue weighted by atomic mass is 35.5. The van der Waals surface area contributed by atoms with Crippen molar-refractivity contribution in [1.29, 1.82) is 0 Å². The molecule has 0 saturated heterocycles. The number of halogens is 1. The number of rotatable bonds is 3. The molecule has 0 radical (unpaired) electrons. The van der Waals surface area contributed by atoms with E-state index in [9.17, 15) is 0 Å². The van der Waals surface area contributed by atoms with E-state index in [2.05, 4.69) is 15.6 Å². The number of nitrogens with zero attached hydrogens (tertiary/aromatic N) is 3. The normalized spacial score (nSPS) is 11.1. The molecule has 0 N–H and O–H groups in total. The van der Waals surface area contributed by atoms with Crippen LogP contribution in [0.4, 0.5) is 0 Å². The topological polar surface area (TPSA) is 30.7 Å². The molecule has 2 aromatic carbocycles. The van der Waals surface area contributed by atoms with Crippen molar-refractivity contribution >= 4 is 34.0 Å². The van der Waals surface area contributed by atoms with Crippen molar-refractivity contribution in [2.45, 2.75) is 6.54 Å². The fraction of sp³-hybridized carbons (Fsp3) is 0.0588. The van der Waals surface area contributed by atoms with Crippen molar-refractivity contribution in [3.8, 4) is 10.7 Å². The maximum Gasteiger partial charge on any atom is 0.153 e. The van der Waals surface area contributed by atoms with Crippen LogP contribution in [0.15, 0.2) is 60.2 Å². The van der Waals surface area contributed by atoms with E-state index in [1.54, 1.807) is 11.3 Å². The van der Waals surface area contributed by atoms with E-state index in [-0.39, 0.29) is 0 Å². The highest BCUT2D eigenvalue weighted by Crippen LogP contribution is 2.28. The lowest BCUT2D eigenvalue weighted by Gasteiger charge is -2.08. The van der Waals surface area contributed by atoms with Gasteiger partial charge in [-0.3, -0.25) is 4.98 Å². The van der Waals surface area contributed by atoms with Crippen LogP contribution in [0.2, 0.25) is 5.02 Å². The molecule has 2 aromatic heterocycles. The van der Waals surface area contributed by atoms with Crippen molar-refractivity contribution in [2.24, 2.45) is 0 Å². The van der Waals surface area contributed by atoms with Crippen LogP contribution in [0.25, 0.3) is 21.7 Å². The molecule has 0 amide bonds. The van der Waals surface area contributed by atoms with Gasteiger partial charge in [-0.05, 0) is 29.8 Å². The van der Waals surface area contributed by atoms with E-state index in [4.69, 9.17) is 16.6 Å². The SMILES string of the molecule is Clc1ccc(Cn2c(-c3cncs3)nc3ccccc32)cc1. The lowest BCUT2D eigenvalue weighted by molar-refractivity contribution is 0.836. The number of imidazole rings is 1. The molecule has 0 saturated carbocycles.